The third kappa shape index (κ3) is 2.94. The van der Waals surface area contributed by atoms with E-state index in [-0.39, 0.29) is 0 Å². The number of benzene rings is 2. The highest BCUT2D eigenvalue weighted by atomic mass is 32.2. The lowest BCUT2D eigenvalue weighted by Gasteiger charge is -2.23. The summed E-state index contributed by atoms with van der Waals surface area (Å²) in [5, 5.41) is 0. The number of nitrogens with two attached hydrogens (primary N) is 1. The van der Waals surface area contributed by atoms with Gasteiger partial charge in [-0.2, -0.15) is 0 Å². The second-order valence-corrected chi connectivity index (χ2v) is 6.35. The summed E-state index contributed by atoms with van der Waals surface area (Å²) in [4.78, 5) is 3.80. The molecule has 1 atom stereocenters. The van der Waals surface area contributed by atoms with Gasteiger partial charge < -0.3 is 10.6 Å². The normalized spacial score (nSPS) is 18.2. The zero-order chi connectivity index (χ0) is 14.7. The molecule has 1 heterocycles. The molecule has 2 nitrogen and oxygen atoms in total. The molecule has 0 aliphatic carbocycles. The Labute approximate surface area is 131 Å². The molecule has 110 valence electrons. The van der Waals surface area contributed by atoms with Gasteiger partial charge in [0.15, 0.2) is 0 Å². The van der Waals surface area contributed by atoms with Crippen molar-refractivity contribution in [2.45, 2.75) is 23.8 Å². The summed E-state index contributed by atoms with van der Waals surface area (Å²) >= 11 is 1.78. The Bertz CT molecular complexity index is 597. The number of nitrogens with zero attached hydrogens (tertiary/aromatic N) is 1. The highest BCUT2D eigenvalue weighted by Crippen LogP contribution is 2.35. The van der Waals surface area contributed by atoms with Crippen molar-refractivity contribution < 1.29 is 0 Å². The van der Waals surface area contributed by atoms with Crippen LogP contribution in [0.2, 0.25) is 0 Å². The number of thioether (sulfide) groups is 1. The molecule has 1 saturated heterocycles. The van der Waals surface area contributed by atoms with E-state index < -0.39 is 0 Å². The Morgan fingerprint density at radius 1 is 1.14 bits per heavy atom. The molecule has 2 N–H and O–H groups in total. The third-order valence-corrected chi connectivity index (χ3v) is 5.15. The van der Waals surface area contributed by atoms with E-state index >= 15 is 0 Å². The number of rotatable bonds is 4. The molecular weight excluding hydrogens is 276 g/mol. The molecule has 1 fully saturated rings. The average molecular weight is 298 g/mol. The molecule has 2 aromatic rings. The van der Waals surface area contributed by atoms with Crippen molar-refractivity contribution in [1.82, 2.24) is 0 Å². The second kappa shape index (κ2) is 6.54. The maximum absolute atomic E-state index is 6.00. The molecule has 3 rings (SSSR count). The maximum atomic E-state index is 6.00. The molecule has 1 unspecified atom stereocenters. The first-order valence-electron chi connectivity index (χ1n) is 7.49. The van der Waals surface area contributed by atoms with Crippen LogP contribution in [0.15, 0.2) is 53.4 Å². The van der Waals surface area contributed by atoms with Gasteiger partial charge in [0.1, 0.15) is 0 Å². The molecule has 0 bridgehead atoms. The maximum Gasteiger partial charge on any atom is 0.0423 e. The van der Waals surface area contributed by atoms with Crippen LogP contribution in [0, 0.1) is 0 Å². The highest BCUT2D eigenvalue weighted by molar-refractivity contribution is 7.98. The lowest BCUT2D eigenvalue weighted by molar-refractivity contribution is 0.774. The van der Waals surface area contributed by atoms with Crippen molar-refractivity contribution in [3.05, 3.63) is 59.7 Å². The Balaban J connectivity index is 1.83. The summed E-state index contributed by atoms with van der Waals surface area (Å²) in [6.45, 7) is 2.82. The van der Waals surface area contributed by atoms with Gasteiger partial charge in [0.05, 0.1) is 0 Å². The first kappa shape index (κ1) is 14.5. The van der Waals surface area contributed by atoms with Crippen LogP contribution >= 0.6 is 11.8 Å². The molecule has 21 heavy (non-hydrogen) atoms. The van der Waals surface area contributed by atoms with Gasteiger partial charge in [0, 0.05) is 41.7 Å². The molecule has 2 aromatic carbocycles. The minimum Gasteiger partial charge on any atom is -0.371 e. The summed E-state index contributed by atoms with van der Waals surface area (Å²) in [5.74, 6) is 0.634. The summed E-state index contributed by atoms with van der Waals surface area (Å²) < 4.78 is 0. The third-order valence-electron chi connectivity index (χ3n) is 4.33. The van der Waals surface area contributed by atoms with Gasteiger partial charge in [0.2, 0.25) is 0 Å². The van der Waals surface area contributed by atoms with Crippen LogP contribution in [-0.2, 0) is 6.54 Å². The van der Waals surface area contributed by atoms with Crippen molar-refractivity contribution in [1.29, 1.82) is 0 Å². The molecule has 3 heteroatoms. The van der Waals surface area contributed by atoms with E-state index in [9.17, 15) is 0 Å². The topological polar surface area (TPSA) is 29.3 Å². The minimum absolute atomic E-state index is 0.610. The second-order valence-electron chi connectivity index (χ2n) is 5.50. The van der Waals surface area contributed by atoms with Crippen molar-refractivity contribution >= 4 is 17.4 Å². The van der Waals surface area contributed by atoms with Crippen molar-refractivity contribution in [2.24, 2.45) is 5.73 Å². The van der Waals surface area contributed by atoms with E-state index in [4.69, 9.17) is 5.73 Å². The fraction of sp³-hybridized carbons (Fsp3) is 0.333. The van der Waals surface area contributed by atoms with Gasteiger partial charge in [-0.05, 0) is 30.4 Å². The SMILES string of the molecule is CSc1cccc(N2CCC(c3ccccc3)C2)c1CN. The summed E-state index contributed by atoms with van der Waals surface area (Å²) in [6, 6.07) is 17.4. The van der Waals surface area contributed by atoms with Crippen molar-refractivity contribution in [2.75, 3.05) is 24.2 Å². The first-order valence-corrected chi connectivity index (χ1v) is 8.71. The largest absolute Gasteiger partial charge is 0.371 e. The molecule has 0 saturated carbocycles. The zero-order valence-corrected chi connectivity index (χ0v) is 13.3. The van der Waals surface area contributed by atoms with Gasteiger partial charge >= 0.3 is 0 Å². The number of hydrogen-bond donors (Lipinski definition) is 1. The Hall–Kier alpha value is -1.45. The predicted octanol–water partition coefficient (Wildman–Crippen LogP) is 3.86. The Morgan fingerprint density at radius 3 is 2.67 bits per heavy atom. The number of hydrogen-bond acceptors (Lipinski definition) is 3. The van der Waals surface area contributed by atoms with E-state index in [0.717, 1.165) is 13.1 Å². The van der Waals surface area contributed by atoms with Gasteiger partial charge in [0.25, 0.3) is 0 Å². The number of anilines is 1. The summed E-state index contributed by atoms with van der Waals surface area (Å²) in [6.07, 6.45) is 3.34. The minimum atomic E-state index is 0.610. The van der Waals surface area contributed by atoms with E-state index in [2.05, 4.69) is 59.7 Å². The van der Waals surface area contributed by atoms with Crippen LogP contribution in [0.1, 0.15) is 23.5 Å². The monoisotopic (exact) mass is 298 g/mol. The van der Waals surface area contributed by atoms with Gasteiger partial charge in [-0.3, -0.25) is 0 Å². The standard InChI is InChI=1S/C18H22N2S/c1-21-18-9-5-8-17(16(18)12-19)20-11-10-15(13-20)14-6-3-2-4-7-14/h2-9,15H,10-13,19H2,1H3. The van der Waals surface area contributed by atoms with Gasteiger partial charge in [-0.15, -0.1) is 11.8 Å². The van der Waals surface area contributed by atoms with Crippen LogP contribution in [0.3, 0.4) is 0 Å². The quantitative estimate of drug-likeness (QED) is 0.869. The fourth-order valence-electron chi connectivity index (χ4n) is 3.22. The van der Waals surface area contributed by atoms with Crippen LogP contribution in [-0.4, -0.2) is 19.3 Å². The van der Waals surface area contributed by atoms with Crippen LogP contribution < -0.4 is 10.6 Å². The Kier molecular flexibility index (Phi) is 4.51. The van der Waals surface area contributed by atoms with Crippen LogP contribution in [0.5, 0.6) is 0 Å². The van der Waals surface area contributed by atoms with E-state index in [1.54, 1.807) is 11.8 Å². The first-order chi connectivity index (χ1) is 10.3. The predicted molar refractivity (Wildman–Crippen MR) is 92.1 cm³/mol. The molecule has 1 aliphatic rings. The lowest BCUT2D eigenvalue weighted by Crippen LogP contribution is -2.21. The van der Waals surface area contributed by atoms with Crippen LogP contribution in [0.4, 0.5) is 5.69 Å². The molecular formula is C18H22N2S. The zero-order valence-electron chi connectivity index (χ0n) is 12.5. The van der Waals surface area contributed by atoms with Crippen molar-refractivity contribution in [3.8, 4) is 0 Å². The fourth-order valence-corrected chi connectivity index (χ4v) is 3.87. The van der Waals surface area contributed by atoms with Gasteiger partial charge in [-0.25, -0.2) is 0 Å². The summed E-state index contributed by atoms with van der Waals surface area (Å²) in [7, 11) is 0. The molecule has 1 aliphatic heterocycles. The van der Waals surface area contributed by atoms with Crippen LogP contribution in [0.25, 0.3) is 0 Å². The lowest BCUT2D eigenvalue weighted by atomic mass is 9.99. The molecule has 0 aromatic heterocycles. The van der Waals surface area contributed by atoms with Crippen molar-refractivity contribution in [3.63, 3.8) is 0 Å². The van der Waals surface area contributed by atoms with E-state index in [0.29, 0.717) is 12.5 Å². The van der Waals surface area contributed by atoms with Gasteiger partial charge in [-0.1, -0.05) is 36.4 Å². The smallest absolute Gasteiger partial charge is 0.0423 e. The van der Waals surface area contributed by atoms with E-state index in [1.807, 2.05) is 0 Å². The van der Waals surface area contributed by atoms with E-state index in [1.165, 1.54) is 28.1 Å². The molecule has 0 spiro atoms. The average Bonchev–Trinajstić information content (AvgIpc) is 3.04. The Morgan fingerprint density at radius 2 is 1.95 bits per heavy atom. The highest BCUT2D eigenvalue weighted by Gasteiger charge is 2.25. The summed E-state index contributed by atoms with van der Waals surface area (Å²) in [5.41, 5.74) is 10.1. The molecule has 0 amide bonds. The molecule has 0 radical (unpaired) electrons.